The minimum Gasteiger partial charge on any atom is -0.452 e. The Kier molecular flexibility index (Phi) is 7.72. The second-order valence-corrected chi connectivity index (χ2v) is 9.55. The van der Waals surface area contributed by atoms with Crippen LogP contribution in [0.15, 0.2) is 59.5 Å². The fourth-order valence-corrected chi connectivity index (χ4v) is 4.73. The van der Waals surface area contributed by atoms with Gasteiger partial charge < -0.3 is 9.64 Å². The van der Waals surface area contributed by atoms with Crippen LogP contribution in [0.1, 0.15) is 5.56 Å². The number of piperazine rings is 1. The quantitative estimate of drug-likeness (QED) is 0.466. The highest BCUT2D eigenvalue weighted by Crippen LogP contribution is 2.20. The first-order valence-corrected chi connectivity index (χ1v) is 11.6. The van der Waals surface area contributed by atoms with E-state index in [1.165, 1.54) is 39.5 Å². The Bertz CT molecular complexity index is 1080. The molecule has 10 heteroatoms. The van der Waals surface area contributed by atoms with E-state index in [0.717, 1.165) is 5.56 Å². The summed E-state index contributed by atoms with van der Waals surface area (Å²) < 4.78 is 31.7. The van der Waals surface area contributed by atoms with Gasteiger partial charge in [0, 0.05) is 42.3 Å². The van der Waals surface area contributed by atoms with E-state index in [0.29, 0.717) is 10.0 Å². The number of carbonyl (C=O) groups excluding carboxylic acids is 2. The molecule has 2 aromatic carbocycles. The lowest BCUT2D eigenvalue weighted by molar-refractivity contribution is -0.148. The van der Waals surface area contributed by atoms with Gasteiger partial charge in [0.1, 0.15) is 0 Å². The van der Waals surface area contributed by atoms with Gasteiger partial charge in [-0.1, -0.05) is 35.3 Å². The van der Waals surface area contributed by atoms with Crippen LogP contribution in [0.3, 0.4) is 0 Å². The number of hydrogen-bond acceptors (Lipinski definition) is 5. The lowest BCUT2D eigenvalue weighted by atomic mass is 10.2. The molecule has 3 rings (SSSR count). The van der Waals surface area contributed by atoms with Crippen molar-refractivity contribution in [3.8, 4) is 0 Å². The summed E-state index contributed by atoms with van der Waals surface area (Å²) in [6.45, 7) is 0.310. The molecule has 1 heterocycles. The largest absolute Gasteiger partial charge is 0.452 e. The third-order valence-electron chi connectivity index (χ3n) is 4.64. The Hall–Kier alpha value is -2.39. The Balaban J connectivity index is 1.47. The molecule has 0 saturated carbocycles. The molecule has 1 aliphatic rings. The summed E-state index contributed by atoms with van der Waals surface area (Å²) in [7, 11) is -3.66. The van der Waals surface area contributed by atoms with E-state index in [2.05, 4.69) is 0 Å². The number of rotatable bonds is 6. The summed E-state index contributed by atoms with van der Waals surface area (Å²) in [5.41, 5.74) is 0.730. The van der Waals surface area contributed by atoms with Gasteiger partial charge in [0.05, 0.1) is 4.90 Å². The maximum absolute atomic E-state index is 12.7. The number of halogens is 2. The fraction of sp³-hybridized carbons (Fsp3) is 0.238. The van der Waals surface area contributed by atoms with Crippen LogP contribution >= 0.6 is 23.2 Å². The number of hydrogen-bond donors (Lipinski definition) is 0. The van der Waals surface area contributed by atoms with E-state index in [4.69, 9.17) is 27.9 Å². The number of carbonyl (C=O) groups is 2. The maximum Gasteiger partial charge on any atom is 0.331 e. The van der Waals surface area contributed by atoms with Crippen molar-refractivity contribution in [1.82, 2.24) is 9.21 Å². The first-order chi connectivity index (χ1) is 14.8. The second-order valence-electron chi connectivity index (χ2n) is 6.73. The molecule has 7 nitrogen and oxygen atoms in total. The van der Waals surface area contributed by atoms with Crippen molar-refractivity contribution in [2.75, 3.05) is 32.8 Å². The van der Waals surface area contributed by atoms with E-state index in [1.807, 2.05) is 0 Å². The molecule has 0 aliphatic carbocycles. The van der Waals surface area contributed by atoms with Crippen molar-refractivity contribution in [1.29, 1.82) is 0 Å². The molecule has 164 valence electrons. The highest BCUT2D eigenvalue weighted by molar-refractivity contribution is 7.89. The van der Waals surface area contributed by atoms with Gasteiger partial charge in [-0.2, -0.15) is 4.31 Å². The topological polar surface area (TPSA) is 84.0 Å². The molecule has 0 bridgehead atoms. The number of nitrogens with zero attached hydrogens (tertiary/aromatic N) is 2. The Morgan fingerprint density at radius 1 is 0.968 bits per heavy atom. The molecule has 1 aliphatic heterocycles. The molecule has 0 radical (unpaired) electrons. The van der Waals surface area contributed by atoms with Crippen LogP contribution in [-0.4, -0.2) is 62.3 Å². The SMILES string of the molecule is O=C(/C=C/c1cccc(Cl)c1)OCC(=O)N1CCN(S(=O)(=O)c2ccc(Cl)cc2)CC1. The monoisotopic (exact) mass is 482 g/mol. The van der Waals surface area contributed by atoms with Crippen molar-refractivity contribution in [2.24, 2.45) is 0 Å². The fourth-order valence-electron chi connectivity index (χ4n) is 2.98. The summed E-state index contributed by atoms with van der Waals surface area (Å²) >= 11 is 11.7. The van der Waals surface area contributed by atoms with Gasteiger partial charge in [-0.25, -0.2) is 13.2 Å². The molecule has 1 amide bonds. The lowest BCUT2D eigenvalue weighted by Gasteiger charge is -2.33. The van der Waals surface area contributed by atoms with Crippen molar-refractivity contribution < 1.29 is 22.7 Å². The van der Waals surface area contributed by atoms with Gasteiger partial charge >= 0.3 is 5.97 Å². The Morgan fingerprint density at radius 3 is 2.29 bits per heavy atom. The minimum absolute atomic E-state index is 0.150. The molecule has 1 fully saturated rings. The average Bonchev–Trinajstić information content (AvgIpc) is 2.76. The van der Waals surface area contributed by atoms with E-state index in [-0.39, 0.29) is 37.0 Å². The molecular weight excluding hydrogens is 463 g/mol. The maximum atomic E-state index is 12.7. The first-order valence-electron chi connectivity index (χ1n) is 9.39. The van der Waals surface area contributed by atoms with Gasteiger partial charge in [-0.3, -0.25) is 4.79 Å². The van der Waals surface area contributed by atoms with Crippen molar-refractivity contribution >= 4 is 51.2 Å². The Morgan fingerprint density at radius 2 is 1.65 bits per heavy atom. The van der Waals surface area contributed by atoms with E-state index < -0.39 is 22.6 Å². The number of ether oxygens (including phenoxy) is 1. The molecule has 1 saturated heterocycles. The van der Waals surface area contributed by atoms with Crippen molar-refractivity contribution in [3.63, 3.8) is 0 Å². The number of amides is 1. The number of sulfonamides is 1. The molecular formula is C21H20Cl2N2O5S. The van der Waals surface area contributed by atoms with Crippen molar-refractivity contribution in [3.05, 3.63) is 70.2 Å². The standard InChI is InChI=1S/C21H20Cl2N2O5S/c22-17-5-7-19(8-6-17)31(28,29)25-12-10-24(11-13-25)20(26)15-30-21(27)9-4-16-2-1-3-18(23)14-16/h1-9,14H,10-13,15H2/b9-4+. The summed E-state index contributed by atoms with van der Waals surface area (Å²) in [4.78, 5) is 25.8. The van der Waals surface area contributed by atoms with E-state index >= 15 is 0 Å². The van der Waals surface area contributed by atoms with Crippen molar-refractivity contribution in [2.45, 2.75) is 4.90 Å². The summed E-state index contributed by atoms with van der Waals surface area (Å²) in [5.74, 6) is -1.04. The molecule has 0 unspecified atom stereocenters. The minimum atomic E-state index is -3.66. The van der Waals surface area contributed by atoms with Crippen LogP contribution in [0.4, 0.5) is 0 Å². The Labute approximate surface area is 190 Å². The normalized spacial score (nSPS) is 15.2. The zero-order valence-corrected chi connectivity index (χ0v) is 18.7. The van der Waals surface area contributed by atoms with Crippen LogP contribution in [0, 0.1) is 0 Å². The lowest BCUT2D eigenvalue weighted by Crippen LogP contribution is -2.51. The molecule has 31 heavy (non-hydrogen) atoms. The third kappa shape index (κ3) is 6.30. The average molecular weight is 483 g/mol. The van der Waals surface area contributed by atoms with E-state index in [1.54, 1.807) is 30.3 Å². The second kappa shape index (κ2) is 10.3. The van der Waals surface area contributed by atoms with Gasteiger partial charge in [-0.05, 0) is 48.0 Å². The summed E-state index contributed by atoms with van der Waals surface area (Å²) in [6, 6.07) is 12.9. The predicted octanol–water partition coefficient (Wildman–Crippen LogP) is 3.08. The van der Waals surface area contributed by atoms with Crippen LogP contribution in [-0.2, 0) is 24.3 Å². The molecule has 2 aromatic rings. The number of benzene rings is 2. The smallest absolute Gasteiger partial charge is 0.331 e. The highest BCUT2D eigenvalue weighted by Gasteiger charge is 2.30. The first kappa shape index (κ1) is 23.3. The van der Waals surface area contributed by atoms with Crippen LogP contribution < -0.4 is 0 Å². The van der Waals surface area contributed by atoms with E-state index in [9.17, 15) is 18.0 Å². The molecule has 0 N–H and O–H groups in total. The van der Waals surface area contributed by atoms with Gasteiger partial charge in [0.2, 0.25) is 10.0 Å². The van der Waals surface area contributed by atoms with Gasteiger partial charge in [-0.15, -0.1) is 0 Å². The molecule has 0 aromatic heterocycles. The summed E-state index contributed by atoms with van der Waals surface area (Å²) in [6.07, 6.45) is 2.76. The van der Waals surface area contributed by atoms with Crippen LogP contribution in [0.2, 0.25) is 10.0 Å². The third-order valence-corrected chi connectivity index (χ3v) is 7.04. The van der Waals surface area contributed by atoms with Gasteiger partial charge in [0.15, 0.2) is 6.61 Å². The zero-order chi connectivity index (χ0) is 22.4. The zero-order valence-electron chi connectivity index (χ0n) is 16.4. The van der Waals surface area contributed by atoms with Crippen LogP contribution in [0.5, 0.6) is 0 Å². The van der Waals surface area contributed by atoms with Crippen LogP contribution in [0.25, 0.3) is 6.08 Å². The van der Waals surface area contributed by atoms with Gasteiger partial charge in [0.25, 0.3) is 5.91 Å². The molecule has 0 atom stereocenters. The number of esters is 1. The highest BCUT2D eigenvalue weighted by atomic mass is 35.5. The summed E-state index contributed by atoms with van der Waals surface area (Å²) in [5, 5.41) is 0.995. The predicted molar refractivity (Wildman–Crippen MR) is 118 cm³/mol. The molecule has 0 spiro atoms.